The van der Waals surface area contributed by atoms with Gasteiger partial charge in [0.25, 0.3) is 5.91 Å². The van der Waals surface area contributed by atoms with Crippen molar-refractivity contribution in [3.63, 3.8) is 0 Å². The molecule has 1 aromatic heterocycles. The normalized spacial score (nSPS) is 15.5. The van der Waals surface area contributed by atoms with E-state index in [9.17, 15) is 4.79 Å². The van der Waals surface area contributed by atoms with Crippen LogP contribution in [-0.2, 0) is 13.0 Å². The van der Waals surface area contributed by atoms with Gasteiger partial charge in [-0.15, -0.1) is 0 Å². The lowest BCUT2D eigenvalue weighted by molar-refractivity contribution is 0.0963. The molecule has 2 N–H and O–H groups in total. The molecule has 1 aliphatic rings. The van der Waals surface area contributed by atoms with E-state index in [2.05, 4.69) is 30.6 Å². The van der Waals surface area contributed by atoms with E-state index in [0.717, 1.165) is 62.9 Å². The summed E-state index contributed by atoms with van der Waals surface area (Å²) in [5.74, 6) is 0.859. The second kappa shape index (κ2) is 9.89. The fourth-order valence-corrected chi connectivity index (χ4v) is 3.33. The van der Waals surface area contributed by atoms with Crippen LogP contribution in [0.1, 0.15) is 21.6 Å². The van der Waals surface area contributed by atoms with Crippen LogP contribution in [0, 0.1) is 0 Å². The molecule has 150 valence electrons. The van der Waals surface area contributed by atoms with Crippen LogP contribution in [0.4, 0.5) is 0 Å². The first-order chi connectivity index (χ1) is 13.7. The highest BCUT2D eigenvalue weighted by Crippen LogP contribution is 2.08. The molecule has 28 heavy (non-hydrogen) atoms. The number of aromatic nitrogens is 1. The molecule has 0 atom stereocenters. The fourth-order valence-electron chi connectivity index (χ4n) is 3.33. The number of carbonyl (C=O) groups is 1. The minimum absolute atomic E-state index is 0.0610. The van der Waals surface area contributed by atoms with Gasteiger partial charge in [0.15, 0.2) is 5.96 Å². The van der Waals surface area contributed by atoms with Gasteiger partial charge in [0, 0.05) is 65.0 Å². The van der Waals surface area contributed by atoms with Crippen molar-refractivity contribution in [1.82, 2.24) is 25.6 Å². The number of amides is 1. The first-order valence-electron chi connectivity index (χ1n) is 9.58. The molecule has 2 aromatic rings. The van der Waals surface area contributed by atoms with E-state index in [-0.39, 0.29) is 5.91 Å². The Hall–Kier alpha value is -2.87. The quantitative estimate of drug-likeness (QED) is 0.570. The van der Waals surface area contributed by atoms with E-state index in [1.165, 1.54) is 0 Å². The predicted octanol–water partition coefficient (Wildman–Crippen LogP) is 0.970. The first kappa shape index (κ1) is 19.9. The van der Waals surface area contributed by atoms with Crippen molar-refractivity contribution in [3.8, 4) is 0 Å². The molecule has 0 saturated carbocycles. The monoisotopic (exact) mass is 384 g/mol. The first-order valence-corrected chi connectivity index (χ1v) is 9.58. The van der Waals surface area contributed by atoms with Crippen molar-refractivity contribution in [2.45, 2.75) is 13.0 Å². The number of nitrogens with zero attached hydrogens (tertiary/aromatic N) is 4. The highest BCUT2D eigenvalue weighted by Gasteiger charge is 2.20. The van der Waals surface area contributed by atoms with Gasteiger partial charge >= 0.3 is 0 Å². The molecule has 1 aromatic carbocycles. The zero-order chi connectivity index (χ0) is 19.8. The standard InChI is InChI=1S/C20H28N6O2/c1-21-19(27)17-5-3-4-16(14-17)6-8-23-20(22-2)26-11-9-25(10-12-26)15-18-7-13-28-24-18/h3-5,7,13-14H,6,8-12,15H2,1-2H3,(H,21,27)(H,22,23). The Bertz CT molecular complexity index is 782. The summed E-state index contributed by atoms with van der Waals surface area (Å²) in [7, 11) is 3.46. The van der Waals surface area contributed by atoms with Gasteiger partial charge in [-0.1, -0.05) is 17.3 Å². The average Bonchev–Trinajstić information content (AvgIpc) is 3.25. The van der Waals surface area contributed by atoms with Gasteiger partial charge in [-0.25, -0.2) is 0 Å². The Balaban J connectivity index is 1.44. The number of piperazine rings is 1. The molecule has 0 unspecified atom stereocenters. The molecule has 8 nitrogen and oxygen atoms in total. The van der Waals surface area contributed by atoms with Gasteiger partial charge in [-0.3, -0.25) is 14.7 Å². The Kier molecular flexibility index (Phi) is 7.02. The second-order valence-corrected chi connectivity index (χ2v) is 6.76. The number of hydrogen-bond donors (Lipinski definition) is 2. The summed E-state index contributed by atoms with van der Waals surface area (Å²) in [6.45, 7) is 5.35. The fraction of sp³-hybridized carbons (Fsp3) is 0.450. The van der Waals surface area contributed by atoms with Crippen molar-refractivity contribution >= 4 is 11.9 Å². The third-order valence-electron chi connectivity index (χ3n) is 4.87. The molecule has 8 heteroatoms. The van der Waals surface area contributed by atoms with Crippen molar-refractivity contribution in [3.05, 3.63) is 53.4 Å². The van der Waals surface area contributed by atoms with Crippen molar-refractivity contribution < 1.29 is 9.32 Å². The third-order valence-corrected chi connectivity index (χ3v) is 4.87. The van der Waals surface area contributed by atoms with Gasteiger partial charge in [0.2, 0.25) is 0 Å². The van der Waals surface area contributed by atoms with Gasteiger partial charge in [0.05, 0.1) is 5.69 Å². The van der Waals surface area contributed by atoms with E-state index >= 15 is 0 Å². The van der Waals surface area contributed by atoms with E-state index < -0.39 is 0 Å². The van der Waals surface area contributed by atoms with E-state index in [1.807, 2.05) is 37.4 Å². The number of aliphatic imine (C=N–C) groups is 1. The lowest BCUT2D eigenvalue weighted by Gasteiger charge is -2.36. The Morgan fingerprint density at radius 2 is 2.07 bits per heavy atom. The SMILES string of the molecule is CN=C(NCCc1cccc(C(=O)NC)c1)N1CCN(Cc2ccon2)CC1. The van der Waals surface area contributed by atoms with Gasteiger partial charge in [-0.05, 0) is 24.1 Å². The van der Waals surface area contributed by atoms with E-state index in [1.54, 1.807) is 13.3 Å². The Morgan fingerprint density at radius 1 is 1.25 bits per heavy atom. The molecular formula is C20H28N6O2. The van der Waals surface area contributed by atoms with Crippen molar-refractivity contribution in [2.75, 3.05) is 46.8 Å². The predicted molar refractivity (Wildman–Crippen MR) is 108 cm³/mol. The van der Waals surface area contributed by atoms with E-state index in [0.29, 0.717) is 5.56 Å². The number of rotatable bonds is 6. The second-order valence-electron chi connectivity index (χ2n) is 6.76. The topological polar surface area (TPSA) is 86.0 Å². The number of guanidine groups is 1. The van der Waals surface area contributed by atoms with Crippen LogP contribution < -0.4 is 10.6 Å². The zero-order valence-corrected chi connectivity index (χ0v) is 16.5. The molecule has 0 aliphatic carbocycles. The largest absolute Gasteiger partial charge is 0.364 e. The van der Waals surface area contributed by atoms with Gasteiger partial charge in [-0.2, -0.15) is 0 Å². The van der Waals surface area contributed by atoms with E-state index in [4.69, 9.17) is 4.52 Å². The van der Waals surface area contributed by atoms with Gasteiger partial charge < -0.3 is 20.1 Å². The summed E-state index contributed by atoms with van der Waals surface area (Å²) in [6.07, 6.45) is 2.44. The number of carbonyl (C=O) groups excluding carboxylic acids is 1. The van der Waals surface area contributed by atoms with Crippen LogP contribution in [0.15, 0.2) is 46.1 Å². The smallest absolute Gasteiger partial charge is 0.251 e. The molecule has 1 saturated heterocycles. The summed E-state index contributed by atoms with van der Waals surface area (Å²) in [4.78, 5) is 20.8. The van der Waals surface area contributed by atoms with Crippen molar-refractivity contribution in [1.29, 1.82) is 0 Å². The highest BCUT2D eigenvalue weighted by molar-refractivity contribution is 5.94. The molecule has 1 fully saturated rings. The molecule has 0 spiro atoms. The van der Waals surface area contributed by atoms with Crippen LogP contribution in [0.25, 0.3) is 0 Å². The summed E-state index contributed by atoms with van der Waals surface area (Å²) in [5, 5.41) is 10.1. The summed E-state index contributed by atoms with van der Waals surface area (Å²) in [5.41, 5.74) is 2.78. The van der Waals surface area contributed by atoms with Crippen LogP contribution in [0.3, 0.4) is 0 Å². The molecule has 2 heterocycles. The Labute approximate surface area is 165 Å². The van der Waals surface area contributed by atoms with Crippen LogP contribution in [0.5, 0.6) is 0 Å². The maximum absolute atomic E-state index is 11.8. The Morgan fingerprint density at radius 3 is 2.75 bits per heavy atom. The maximum atomic E-state index is 11.8. The van der Waals surface area contributed by atoms with Crippen LogP contribution in [0.2, 0.25) is 0 Å². The molecular weight excluding hydrogens is 356 g/mol. The summed E-state index contributed by atoms with van der Waals surface area (Å²) >= 11 is 0. The highest BCUT2D eigenvalue weighted by atomic mass is 16.5. The van der Waals surface area contributed by atoms with Crippen molar-refractivity contribution in [2.24, 2.45) is 4.99 Å². The number of hydrogen-bond acceptors (Lipinski definition) is 5. The lowest BCUT2D eigenvalue weighted by Crippen LogP contribution is -2.52. The molecule has 1 amide bonds. The molecule has 1 aliphatic heterocycles. The molecule has 3 rings (SSSR count). The number of nitrogens with one attached hydrogen (secondary N) is 2. The molecule has 0 radical (unpaired) electrons. The molecule has 0 bridgehead atoms. The maximum Gasteiger partial charge on any atom is 0.251 e. The number of benzene rings is 1. The van der Waals surface area contributed by atoms with Crippen LogP contribution in [-0.4, -0.2) is 73.6 Å². The lowest BCUT2D eigenvalue weighted by atomic mass is 10.1. The minimum atomic E-state index is -0.0610. The zero-order valence-electron chi connectivity index (χ0n) is 16.5. The summed E-state index contributed by atoms with van der Waals surface area (Å²) in [6, 6.07) is 9.63. The average molecular weight is 384 g/mol. The van der Waals surface area contributed by atoms with Gasteiger partial charge in [0.1, 0.15) is 6.26 Å². The summed E-state index contributed by atoms with van der Waals surface area (Å²) < 4.78 is 4.90. The minimum Gasteiger partial charge on any atom is -0.364 e. The third kappa shape index (κ3) is 5.32. The van der Waals surface area contributed by atoms with Crippen LogP contribution >= 0.6 is 0 Å².